The molecule has 0 aromatic heterocycles. The summed E-state index contributed by atoms with van der Waals surface area (Å²) >= 11 is 0. The Morgan fingerprint density at radius 3 is 2.29 bits per heavy atom. The van der Waals surface area contributed by atoms with E-state index in [2.05, 4.69) is 5.32 Å². The van der Waals surface area contributed by atoms with Gasteiger partial charge in [0.1, 0.15) is 5.69 Å². The third-order valence-corrected chi connectivity index (χ3v) is 6.48. The molecule has 2 aromatic carbocycles. The van der Waals surface area contributed by atoms with Gasteiger partial charge in [0.15, 0.2) is 0 Å². The van der Waals surface area contributed by atoms with Gasteiger partial charge in [0.2, 0.25) is 10.0 Å². The van der Waals surface area contributed by atoms with Crippen LogP contribution in [0.5, 0.6) is 0 Å². The molecule has 2 aromatic rings. The lowest BCUT2D eigenvalue weighted by molar-refractivity contribution is -0.384. The van der Waals surface area contributed by atoms with Crippen molar-refractivity contribution in [2.24, 2.45) is 0 Å². The van der Waals surface area contributed by atoms with E-state index in [1.165, 1.54) is 34.6 Å². The SMILES string of the molecule is CCN(CC)S(=O)(=O)c1ccc(C(C)Nc2ccc(C#N)cc2[N+](=O)[O-])cc1. The Morgan fingerprint density at radius 2 is 1.79 bits per heavy atom. The summed E-state index contributed by atoms with van der Waals surface area (Å²) in [5.74, 6) is 0. The number of nitro groups is 1. The molecule has 0 fully saturated rings. The Hall–Kier alpha value is -2.96. The summed E-state index contributed by atoms with van der Waals surface area (Å²) in [5, 5.41) is 23.2. The van der Waals surface area contributed by atoms with Crippen LogP contribution in [-0.2, 0) is 10.0 Å². The molecule has 9 heteroatoms. The minimum atomic E-state index is -3.54. The maximum Gasteiger partial charge on any atom is 0.293 e. The van der Waals surface area contributed by atoms with E-state index in [-0.39, 0.29) is 27.9 Å². The van der Waals surface area contributed by atoms with Gasteiger partial charge in [0.05, 0.1) is 21.5 Å². The van der Waals surface area contributed by atoms with Crippen molar-refractivity contribution < 1.29 is 13.3 Å². The van der Waals surface area contributed by atoms with Crippen molar-refractivity contribution in [1.82, 2.24) is 4.31 Å². The van der Waals surface area contributed by atoms with Gasteiger partial charge in [-0.15, -0.1) is 0 Å². The number of nitrogens with zero attached hydrogens (tertiary/aromatic N) is 3. The molecule has 0 aliphatic rings. The summed E-state index contributed by atoms with van der Waals surface area (Å²) < 4.78 is 26.5. The van der Waals surface area contributed by atoms with Gasteiger partial charge in [-0.2, -0.15) is 9.57 Å². The topological polar surface area (TPSA) is 116 Å². The van der Waals surface area contributed by atoms with E-state index in [1.54, 1.807) is 26.0 Å². The van der Waals surface area contributed by atoms with Gasteiger partial charge in [0.25, 0.3) is 5.69 Å². The molecule has 8 nitrogen and oxygen atoms in total. The highest BCUT2D eigenvalue weighted by Gasteiger charge is 2.22. The maximum absolute atomic E-state index is 12.6. The number of benzene rings is 2. The number of anilines is 1. The molecule has 1 unspecified atom stereocenters. The predicted octanol–water partition coefficient (Wildman–Crippen LogP) is 3.67. The minimum absolute atomic E-state index is 0.188. The van der Waals surface area contributed by atoms with Gasteiger partial charge in [-0.3, -0.25) is 10.1 Å². The molecule has 2 rings (SSSR count). The molecule has 0 spiro atoms. The lowest BCUT2D eigenvalue weighted by Crippen LogP contribution is -2.30. The van der Waals surface area contributed by atoms with E-state index in [0.717, 1.165) is 5.56 Å². The summed E-state index contributed by atoms with van der Waals surface area (Å²) in [5.41, 5.74) is 1.08. The predicted molar refractivity (Wildman–Crippen MR) is 106 cm³/mol. The highest BCUT2D eigenvalue weighted by molar-refractivity contribution is 7.89. The largest absolute Gasteiger partial charge is 0.373 e. The maximum atomic E-state index is 12.6. The third-order valence-electron chi connectivity index (χ3n) is 4.42. The molecule has 0 radical (unpaired) electrons. The van der Waals surface area contributed by atoms with Crippen molar-refractivity contribution in [1.29, 1.82) is 5.26 Å². The van der Waals surface area contributed by atoms with Crippen LogP contribution >= 0.6 is 0 Å². The first-order valence-corrected chi connectivity index (χ1v) is 10.2. The normalized spacial score (nSPS) is 12.4. The number of nitro benzene ring substituents is 1. The van der Waals surface area contributed by atoms with Crippen molar-refractivity contribution in [3.8, 4) is 6.07 Å². The van der Waals surface area contributed by atoms with Crippen LogP contribution in [0.15, 0.2) is 47.4 Å². The van der Waals surface area contributed by atoms with Crippen molar-refractivity contribution >= 4 is 21.4 Å². The lowest BCUT2D eigenvalue weighted by Gasteiger charge is -2.20. The number of nitrogens with one attached hydrogen (secondary N) is 1. The van der Waals surface area contributed by atoms with Crippen LogP contribution in [0.1, 0.15) is 37.9 Å². The van der Waals surface area contributed by atoms with Crippen LogP contribution in [0, 0.1) is 21.4 Å². The van der Waals surface area contributed by atoms with Crippen LogP contribution in [0.4, 0.5) is 11.4 Å². The molecular formula is C19H22N4O4S. The molecule has 0 bridgehead atoms. The quantitative estimate of drug-likeness (QED) is 0.532. The lowest BCUT2D eigenvalue weighted by atomic mass is 10.1. The van der Waals surface area contributed by atoms with Crippen LogP contribution in [-0.4, -0.2) is 30.7 Å². The van der Waals surface area contributed by atoms with Crippen LogP contribution in [0.2, 0.25) is 0 Å². The molecule has 0 amide bonds. The molecule has 1 atom stereocenters. The second kappa shape index (κ2) is 8.82. The van der Waals surface area contributed by atoms with Gasteiger partial charge < -0.3 is 5.32 Å². The Balaban J connectivity index is 2.26. The Labute approximate surface area is 164 Å². The first-order valence-electron chi connectivity index (χ1n) is 8.79. The van der Waals surface area contributed by atoms with Crippen LogP contribution < -0.4 is 5.32 Å². The highest BCUT2D eigenvalue weighted by atomic mass is 32.2. The van der Waals surface area contributed by atoms with Crippen LogP contribution in [0.25, 0.3) is 0 Å². The summed E-state index contributed by atoms with van der Waals surface area (Å²) in [6.45, 7) is 6.16. The Bertz CT molecular complexity index is 994. The number of hydrogen-bond donors (Lipinski definition) is 1. The molecule has 0 aliphatic heterocycles. The highest BCUT2D eigenvalue weighted by Crippen LogP contribution is 2.29. The number of rotatable bonds is 8. The molecule has 0 saturated carbocycles. The molecule has 148 valence electrons. The smallest absolute Gasteiger partial charge is 0.293 e. The van der Waals surface area contributed by atoms with E-state index in [1.807, 2.05) is 13.0 Å². The van der Waals surface area contributed by atoms with Gasteiger partial charge >= 0.3 is 0 Å². The first kappa shape index (κ1) is 21.3. The summed E-state index contributed by atoms with van der Waals surface area (Å²) in [6, 6.07) is 12.2. The van der Waals surface area contributed by atoms with Crippen molar-refractivity contribution in [2.75, 3.05) is 18.4 Å². The molecule has 0 heterocycles. The molecular weight excluding hydrogens is 380 g/mol. The fourth-order valence-electron chi connectivity index (χ4n) is 2.83. The fraction of sp³-hybridized carbons (Fsp3) is 0.316. The number of sulfonamides is 1. The van der Waals surface area contributed by atoms with Crippen LogP contribution in [0.3, 0.4) is 0 Å². The zero-order chi connectivity index (χ0) is 20.9. The molecule has 0 saturated heterocycles. The number of nitriles is 1. The van der Waals surface area contributed by atoms with E-state index in [0.29, 0.717) is 13.1 Å². The number of hydrogen-bond acceptors (Lipinski definition) is 6. The summed E-state index contributed by atoms with van der Waals surface area (Å²) in [7, 11) is -3.54. The zero-order valence-corrected chi connectivity index (χ0v) is 16.7. The second-order valence-electron chi connectivity index (χ2n) is 6.13. The van der Waals surface area contributed by atoms with Crippen molar-refractivity contribution in [3.05, 3.63) is 63.7 Å². The van der Waals surface area contributed by atoms with Gasteiger partial charge in [-0.25, -0.2) is 8.42 Å². The molecule has 28 heavy (non-hydrogen) atoms. The average molecular weight is 402 g/mol. The summed E-state index contributed by atoms with van der Waals surface area (Å²) in [6.07, 6.45) is 0. The second-order valence-corrected chi connectivity index (χ2v) is 8.06. The van der Waals surface area contributed by atoms with Crippen molar-refractivity contribution in [3.63, 3.8) is 0 Å². The van der Waals surface area contributed by atoms with Gasteiger partial charge in [-0.1, -0.05) is 26.0 Å². The van der Waals surface area contributed by atoms with E-state index < -0.39 is 14.9 Å². The van der Waals surface area contributed by atoms with Crippen molar-refractivity contribution in [2.45, 2.75) is 31.7 Å². The Kier molecular flexibility index (Phi) is 6.72. The first-order chi connectivity index (χ1) is 13.2. The monoisotopic (exact) mass is 402 g/mol. The van der Waals surface area contributed by atoms with Gasteiger partial charge in [-0.05, 0) is 36.8 Å². The van der Waals surface area contributed by atoms with E-state index >= 15 is 0 Å². The molecule has 0 aliphatic carbocycles. The standard InChI is InChI=1S/C19H22N4O4S/c1-4-22(5-2)28(26,27)17-9-7-16(8-10-17)14(3)21-18-11-6-15(13-20)12-19(18)23(24)25/h6-12,14,21H,4-5H2,1-3H3. The zero-order valence-electron chi connectivity index (χ0n) is 15.9. The average Bonchev–Trinajstić information content (AvgIpc) is 2.68. The van der Waals surface area contributed by atoms with E-state index in [4.69, 9.17) is 5.26 Å². The summed E-state index contributed by atoms with van der Waals surface area (Å²) in [4.78, 5) is 10.9. The fourth-order valence-corrected chi connectivity index (χ4v) is 4.29. The molecule has 1 N–H and O–H groups in total. The Morgan fingerprint density at radius 1 is 1.18 bits per heavy atom. The minimum Gasteiger partial charge on any atom is -0.373 e. The van der Waals surface area contributed by atoms with E-state index in [9.17, 15) is 18.5 Å². The van der Waals surface area contributed by atoms with Gasteiger partial charge in [0, 0.05) is 25.2 Å². The third kappa shape index (κ3) is 4.47.